The summed E-state index contributed by atoms with van der Waals surface area (Å²) in [6, 6.07) is 3.87. The fourth-order valence-corrected chi connectivity index (χ4v) is 1.96. The average Bonchev–Trinajstić information content (AvgIpc) is 2.77. The third-order valence-electron chi connectivity index (χ3n) is 2.70. The van der Waals surface area contributed by atoms with E-state index in [1.165, 1.54) is 6.07 Å². The molecule has 2 N–H and O–H groups in total. The van der Waals surface area contributed by atoms with Crippen LogP contribution in [-0.4, -0.2) is 15.0 Å². The number of aromatic nitrogens is 3. The molecule has 2 aromatic rings. The Morgan fingerprint density at radius 2 is 2.28 bits per heavy atom. The highest BCUT2D eigenvalue weighted by atomic mass is 35.5. The van der Waals surface area contributed by atoms with Crippen molar-refractivity contribution < 1.29 is 4.39 Å². The van der Waals surface area contributed by atoms with Gasteiger partial charge in [0, 0.05) is 17.1 Å². The molecule has 0 aliphatic heterocycles. The van der Waals surface area contributed by atoms with E-state index in [9.17, 15) is 4.39 Å². The van der Waals surface area contributed by atoms with Crippen LogP contribution in [0.5, 0.6) is 0 Å². The van der Waals surface area contributed by atoms with Crippen molar-refractivity contribution in [2.24, 2.45) is 5.73 Å². The van der Waals surface area contributed by atoms with Crippen LogP contribution in [-0.2, 0) is 6.54 Å². The summed E-state index contributed by atoms with van der Waals surface area (Å²) in [7, 11) is 0. The van der Waals surface area contributed by atoms with Crippen LogP contribution in [0, 0.1) is 5.82 Å². The van der Waals surface area contributed by atoms with Crippen molar-refractivity contribution in [3.05, 3.63) is 46.5 Å². The molecule has 1 heterocycles. The van der Waals surface area contributed by atoms with Crippen molar-refractivity contribution in [3.63, 3.8) is 0 Å². The molecule has 1 unspecified atom stereocenters. The first kappa shape index (κ1) is 13.0. The van der Waals surface area contributed by atoms with Gasteiger partial charge in [-0.05, 0) is 18.6 Å². The van der Waals surface area contributed by atoms with Gasteiger partial charge >= 0.3 is 0 Å². The minimum Gasteiger partial charge on any atom is -0.319 e. The molecule has 96 valence electrons. The fourth-order valence-electron chi connectivity index (χ4n) is 1.81. The Bertz CT molecular complexity index is 541. The van der Waals surface area contributed by atoms with Gasteiger partial charge < -0.3 is 5.73 Å². The summed E-state index contributed by atoms with van der Waals surface area (Å²) in [5.41, 5.74) is 7.14. The standard InChI is InChI=1S/C12H14ClFN4/c1-2-5-18-11(7-16-17-18)12(15)9-4-3-8(13)6-10(9)14/h3-4,6-7,12H,2,5,15H2,1H3. The number of aryl methyl sites for hydroxylation is 1. The molecule has 6 heteroatoms. The van der Waals surface area contributed by atoms with Gasteiger partial charge in [-0.25, -0.2) is 9.07 Å². The minimum absolute atomic E-state index is 0.351. The van der Waals surface area contributed by atoms with Gasteiger partial charge in [-0.1, -0.05) is 29.8 Å². The predicted molar refractivity (Wildman–Crippen MR) is 67.8 cm³/mol. The first-order valence-corrected chi connectivity index (χ1v) is 6.10. The Labute approximate surface area is 110 Å². The molecule has 0 amide bonds. The molecule has 0 radical (unpaired) electrons. The maximum Gasteiger partial charge on any atom is 0.129 e. The lowest BCUT2D eigenvalue weighted by molar-refractivity contribution is 0.533. The van der Waals surface area contributed by atoms with E-state index in [0.29, 0.717) is 22.8 Å². The molecule has 0 aliphatic carbocycles. The molecule has 0 saturated heterocycles. The number of nitrogens with two attached hydrogens (primary N) is 1. The van der Waals surface area contributed by atoms with Crippen LogP contribution < -0.4 is 5.73 Å². The normalized spacial score (nSPS) is 12.7. The van der Waals surface area contributed by atoms with Crippen LogP contribution in [0.1, 0.15) is 30.6 Å². The third kappa shape index (κ3) is 2.52. The number of benzene rings is 1. The Kier molecular flexibility index (Phi) is 3.93. The maximum absolute atomic E-state index is 13.8. The van der Waals surface area contributed by atoms with E-state index in [0.717, 1.165) is 6.42 Å². The van der Waals surface area contributed by atoms with E-state index in [4.69, 9.17) is 17.3 Å². The molecule has 0 aliphatic rings. The summed E-state index contributed by atoms with van der Waals surface area (Å²) < 4.78 is 15.5. The van der Waals surface area contributed by atoms with E-state index in [-0.39, 0.29) is 0 Å². The summed E-state index contributed by atoms with van der Waals surface area (Å²) in [5, 5.41) is 8.11. The molecular formula is C12H14ClFN4. The van der Waals surface area contributed by atoms with E-state index < -0.39 is 11.9 Å². The molecule has 0 spiro atoms. The highest BCUT2D eigenvalue weighted by Gasteiger charge is 2.18. The number of halogens is 2. The number of hydrogen-bond donors (Lipinski definition) is 1. The molecular weight excluding hydrogens is 255 g/mol. The summed E-state index contributed by atoms with van der Waals surface area (Å²) in [6.45, 7) is 2.73. The molecule has 4 nitrogen and oxygen atoms in total. The Balaban J connectivity index is 2.35. The highest BCUT2D eigenvalue weighted by Crippen LogP contribution is 2.24. The van der Waals surface area contributed by atoms with Gasteiger partial charge in [0.1, 0.15) is 5.82 Å². The molecule has 1 atom stereocenters. The fraction of sp³-hybridized carbons (Fsp3) is 0.333. The molecule has 18 heavy (non-hydrogen) atoms. The molecule has 1 aromatic carbocycles. The Morgan fingerprint density at radius 1 is 1.50 bits per heavy atom. The molecule has 2 rings (SSSR count). The first-order valence-electron chi connectivity index (χ1n) is 5.72. The minimum atomic E-state index is -0.594. The van der Waals surface area contributed by atoms with Crippen LogP contribution in [0.15, 0.2) is 24.4 Å². The zero-order valence-corrected chi connectivity index (χ0v) is 10.7. The Hall–Kier alpha value is -1.46. The molecule has 0 bridgehead atoms. The van der Waals surface area contributed by atoms with E-state index in [1.54, 1.807) is 23.0 Å². The van der Waals surface area contributed by atoms with Crippen molar-refractivity contribution in [2.45, 2.75) is 25.9 Å². The van der Waals surface area contributed by atoms with Crippen LogP contribution in [0.25, 0.3) is 0 Å². The molecule has 0 fully saturated rings. The molecule has 1 aromatic heterocycles. The first-order chi connectivity index (χ1) is 8.63. The van der Waals surface area contributed by atoms with Gasteiger partial charge in [0.2, 0.25) is 0 Å². The monoisotopic (exact) mass is 268 g/mol. The topological polar surface area (TPSA) is 56.7 Å². The predicted octanol–water partition coefficient (Wildman–Crippen LogP) is 2.53. The van der Waals surface area contributed by atoms with Crippen LogP contribution in [0.2, 0.25) is 5.02 Å². The van der Waals surface area contributed by atoms with Crippen molar-refractivity contribution in [2.75, 3.05) is 0 Å². The van der Waals surface area contributed by atoms with Crippen molar-refractivity contribution in [1.29, 1.82) is 0 Å². The molecule has 0 saturated carbocycles. The van der Waals surface area contributed by atoms with E-state index in [2.05, 4.69) is 10.3 Å². The van der Waals surface area contributed by atoms with Crippen LogP contribution >= 0.6 is 11.6 Å². The second-order valence-corrected chi connectivity index (χ2v) is 4.46. The van der Waals surface area contributed by atoms with Crippen molar-refractivity contribution in [1.82, 2.24) is 15.0 Å². The maximum atomic E-state index is 13.8. The van der Waals surface area contributed by atoms with E-state index >= 15 is 0 Å². The van der Waals surface area contributed by atoms with Crippen LogP contribution in [0.3, 0.4) is 0 Å². The zero-order chi connectivity index (χ0) is 13.1. The van der Waals surface area contributed by atoms with E-state index in [1.807, 2.05) is 6.92 Å². The smallest absolute Gasteiger partial charge is 0.129 e. The van der Waals surface area contributed by atoms with Gasteiger partial charge in [0.15, 0.2) is 0 Å². The van der Waals surface area contributed by atoms with Crippen LogP contribution in [0.4, 0.5) is 4.39 Å². The largest absolute Gasteiger partial charge is 0.319 e. The van der Waals surface area contributed by atoms with Gasteiger partial charge in [-0.15, -0.1) is 5.10 Å². The zero-order valence-electron chi connectivity index (χ0n) is 9.98. The van der Waals surface area contributed by atoms with Crippen molar-refractivity contribution >= 4 is 11.6 Å². The van der Waals surface area contributed by atoms with Gasteiger partial charge in [0.25, 0.3) is 0 Å². The summed E-state index contributed by atoms with van der Waals surface area (Å²) in [6.07, 6.45) is 2.47. The average molecular weight is 269 g/mol. The number of nitrogens with zero attached hydrogens (tertiary/aromatic N) is 3. The van der Waals surface area contributed by atoms with Gasteiger partial charge in [0.05, 0.1) is 17.9 Å². The quantitative estimate of drug-likeness (QED) is 0.927. The summed E-state index contributed by atoms with van der Waals surface area (Å²) in [5.74, 6) is -0.417. The Morgan fingerprint density at radius 3 is 2.94 bits per heavy atom. The number of hydrogen-bond acceptors (Lipinski definition) is 3. The highest BCUT2D eigenvalue weighted by molar-refractivity contribution is 6.30. The summed E-state index contributed by atoms with van der Waals surface area (Å²) in [4.78, 5) is 0. The lowest BCUT2D eigenvalue weighted by Crippen LogP contribution is -2.18. The van der Waals surface area contributed by atoms with Crippen molar-refractivity contribution in [3.8, 4) is 0 Å². The lowest BCUT2D eigenvalue weighted by Gasteiger charge is -2.14. The second kappa shape index (κ2) is 5.46. The second-order valence-electron chi connectivity index (χ2n) is 4.03. The number of rotatable bonds is 4. The third-order valence-corrected chi connectivity index (χ3v) is 2.93. The van der Waals surface area contributed by atoms with Gasteiger partial charge in [-0.2, -0.15) is 0 Å². The van der Waals surface area contributed by atoms with Gasteiger partial charge in [-0.3, -0.25) is 0 Å². The lowest BCUT2D eigenvalue weighted by atomic mass is 10.0. The SMILES string of the molecule is CCCn1nncc1C(N)c1ccc(Cl)cc1F. The summed E-state index contributed by atoms with van der Waals surface area (Å²) >= 11 is 5.72.